The molecule has 3 heterocycles. The third-order valence-corrected chi connectivity index (χ3v) is 4.43. The Balaban J connectivity index is 1.74. The molecular formula is C18H20N6O2. The number of hydrogen-bond donors (Lipinski definition) is 2. The molecule has 134 valence electrons. The van der Waals surface area contributed by atoms with E-state index in [1.165, 1.54) is 0 Å². The first kappa shape index (κ1) is 16.3. The van der Waals surface area contributed by atoms with E-state index in [1.807, 2.05) is 18.2 Å². The second-order valence-electron chi connectivity index (χ2n) is 6.33. The molecule has 0 unspecified atom stereocenters. The van der Waals surface area contributed by atoms with Gasteiger partial charge in [-0.1, -0.05) is 0 Å². The number of nitrogens with zero attached hydrogens (tertiary/aromatic N) is 4. The number of rotatable bonds is 7. The first-order valence-corrected chi connectivity index (χ1v) is 8.55. The maximum Gasteiger partial charge on any atom is 0.237 e. The highest BCUT2D eigenvalue weighted by molar-refractivity contribution is 6.01. The number of carbonyl (C=O) groups excluding carboxylic acids is 1. The number of fused-ring (bicyclic) bond motifs is 1. The smallest absolute Gasteiger partial charge is 0.237 e. The molecule has 0 saturated heterocycles. The zero-order chi connectivity index (χ0) is 18.1. The number of methoxy groups -OCH3 is 1. The van der Waals surface area contributed by atoms with Crippen LogP contribution in [-0.2, 0) is 0 Å². The van der Waals surface area contributed by atoms with Crippen molar-refractivity contribution in [3.05, 3.63) is 36.2 Å². The molecule has 26 heavy (non-hydrogen) atoms. The minimum Gasteiger partial charge on any atom is -0.480 e. The molecule has 1 saturated carbocycles. The second kappa shape index (κ2) is 6.62. The lowest BCUT2D eigenvalue weighted by molar-refractivity contribution is 0.0977. The van der Waals surface area contributed by atoms with Crippen LogP contribution in [0.1, 0.15) is 29.6 Å². The van der Waals surface area contributed by atoms with Crippen molar-refractivity contribution >= 4 is 28.8 Å². The summed E-state index contributed by atoms with van der Waals surface area (Å²) in [4.78, 5) is 21.4. The fraction of sp³-hybridized carbons (Fsp3) is 0.333. The summed E-state index contributed by atoms with van der Waals surface area (Å²) in [5.74, 6) is 2.38. The van der Waals surface area contributed by atoms with Crippen molar-refractivity contribution < 1.29 is 9.53 Å². The molecule has 1 fully saturated rings. The molecule has 0 atom stereocenters. The van der Waals surface area contributed by atoms with Crippen molar-refractivity contribution in [3.8, 4) is 5.88 Å². The second-order valence-corrected chi connectivity index (χ2v) is 6.33. The quantitative estimate of drug-likeness (QED) is 0.631. The van der Waals surface area contributed by atoms with Crippen molar-refractivity contribution in [2.24, 2.45) is 5.92 Å². The lowest BCUT2D eigenvalue weighted by Gasteiger charge is -2.11. The summed E-state index contributed by atoms with van der Waals surface area (Å²) < 4.78 is 6.92. The van der Waals surface area contributed by atoms with Gasteiger partial charge in [0.05, 0.1) is 18.9 Å². The van der Waals surface area contributed by atoms with Crippen LogP contribution >= 0.6 is 0 Å². The van der Waals surface area contributed by atoms with Gasteiger partial charge in [-0.3, -0.25) is 4.79 Å². The van der Waals surface area contributed by atoms with E-state index >= 15 is 0 Å². The molecule has 8 heteroatoms. The Kier molecular flexibility index (Phi) is 4.16. The Morgan fingerprint density at radius 3 is 3.00 bits per heavy atom. The van der Waals surface area contributed by atoms with Gasteiger partial charge >= 0.3 is 0 Å². The van der Waals surface area contributed by atoms with E-state index in [2.05, 4.69) is 25.7 Å². The average molecular weight is 352 g/mol. The lowest BCUT2D eigenvalue weighted by atomic mass is 10.1. The predicted octanol–water partition coefficient (Wildman–Crippen LogP) is 2.90. The number of carbonyl (C=O) groups is 1. The van der Waals surface area contributed by atoms with Crippen LogP contribution in [0.5, 0.6) is 5.88 Å². The summed E-state index contributed by atoms with van der Waals surface area (Å²) in [6.07, 6.45) is 6.08. The molecule has 0 bridgehead atoms. The van der Waals surface area contributed by atoms with Crippen LogP contribution < -0.4 is 15.4 Å². The van der Waals surface area contributed by atoms with E-state index in [9.17, 15) is 4.79 Å². The fourth-order valence-electron chi connectivity index (χ4n) is 2.88. The Morgan fingerprint density at radius 2 is 2.27 bits per heavy atom. The van der Waals surface area contributed by atoms with Gasteiger partial charge in [0.1, 0.15) is 17.3 Å². The molecule has 4 rings (SSSR count). The van der Waals surface area contributed by atoms with Crippen LogP contribution in [-0.4, -0.2) is 39.5 Å². The number of pyridine rings is 1. The number of ether oxygens (including phenoxy) is 1. The molecule has 1 aliphatic carbocycles. The van der Waals surface area contributed by atoms with Crippen molar-refractivity contribution in [2.45, 2.75) is 19.3 Å². The van der Waals surface area contributed by atoms with Gasteiger partial charge in [0.2, 0.25) is 5.88 Å². The summed E-state index contributed by atoms with van der Waals surface area (Å²) in [6.45, 7) is 0. The van der Waals surface area contributed by atoms with Crippen molar-refractivity contribution in [1.29, 1.82) is 0 Å². The topological polar surface area (TPSA) is 93.4 Å². The van der Waals surface area contributed by atoms with Gasteiger partial charge in [-0.05, 0) is 30.9 Å². The number of nitrogens with one attached hydrogen (secondary N) is 2. The van der Waals surface area contributed by atoms with Gasteiger partial charge in [-0.2, -0.15) is 9.61 Å². The van der Waals surface area contributed by atoms with E-state index in [-0.39, 0.29) is 5.78 Å². The molecule has 0 aliphatic heterocycles. The van der Waals surface area contributed by atoms with Gasteiger partial charge in [0.25, 0.3) is 0 Å². The Labute approximate surface area is 150 Å². The summed E-state index contributed by atoms with van der Waals surface area (Å²) >= 11 is 0. The Bertz CT molecular complexity index is 963. The maximum atomic E-state index is 12.6. The number of Topliss-reactive ketones (excluding diaryl/α,β-unsaturated/α-hetero) is 1. The minimum atomic E-state index is 0.0909. The highest BCUT2D eigenvalue weighted by Gasteiger charge is 2.27. The lowest BCUT2D eigenvalue weighted by Crippen LogP contribution is -2.06. The monoisotopic (exact) mass is 352 g/mol. The highest BCUT2D eigenvalue weighted by Crippen LogP contribution is 2.34. The van der Waals surface area contributed by atoms with E-state index in [0.29, 0.717) is 40.9 Å². The van der Waals surface area contributed by atoms with Gasteiger partial charge in [-0.25, -0.2) is 9.97 Å². The van der Waals surface area contributed by atoms with Crippen LogP contribution in [0, 0.1) is 5.92 Å². The third kappa shape index (κ3) is 3.05. The molecular weight excluding hydrogens is 332 g/mol. The van der Waals surface area contributed by atoms with Gasteiger partial charge in [-0.15, -0.1) is 0 Å². The van der Waals surface area contributed by atoms with Crippen molar-refractivity contribution in [3.63, 3.8) is 0 Å². The van der Waals surface area contributed by atoms with E-state index in [4.69, 9.17) is 4.74 Å². The first-order chi connectivity index (χ1) is 12.7. The standard InChI is InChI=1S/C18H20N6O2/c1-19-16-9-15(22-13-4-3-7-20-18(13)26-2)23-17-12(10-21-24(16)17)14(25)8-11-5-6-11/h3-4,7,9-11,19H,5-6,8H2,1-2H3,(H,22,23). The average Bonchev–Trinajstić information content (AvgIpc) is 3.37. The summed E-state index contributed by atoms with van der Waals surface area (Å²) in [6, 6.07) is 5.49. The molecule has 8 nitrogen and oxygen atoms in total. The number of anilines is 3. The highest BCUT2D eigenvalue weighted by atomic mass is 16.5. The zero-order valence-corrected chi connectivity index (χ0v) is 14.7. The van der Waals surface area contributed by atoms with E-state index < -0.39 is 0 Å². The first-order valence-electron chi connectivity index (χ1n) is 8.55. The Morgan fingerprint density at radius 1 is 1.42 bits per heavy atom. The normalized spacial score (nSPS) is 13.6. The summed E-state index contributed by atoms with van der Waals surface area (Å²) in [5, 5.41) is 10.6. The predicted molar refractivity (Wildman–Crippen MR) is 98.3 cm³/mol. The van der Waals surface area contributed by atoms with Gasteiger partial charge in [0.15, 0.2) is 11.4 Å². The maximum absolute atomic E-state index is 12.6. The SMILES string of the molecule is CNc1cc(Nc2cccnc2OC)nc2c(C(=O)CC3CC3)cnn12. The largest absolute Gasteiger partial charge is 0.480 e. The zero-order valence-electron chi connectivity index (χ0n) is 14.7. The minimum absolute atomic E-state index is 0.0909. The van der Waals surface area contributed by atoms with Crippen LogP contribution in [0.4, 0.5) is 17.3 Å². The van der Waals surface area contributed by atoms with E-state index in [0.717, 1.165) is 18.7 Å². The molecule has 3 aromatic rings. The summed E-state index contributed by atoms with van der Waals surface area (Å²) in [7, 11) is 3.37. The molecule has 3 aromatic heterocycles. The van der Waals surface area contributed by atoms with Gasteiger partial charge < -0.3 is 15.4 Å². The number of hydrogen-bond acceptors (Lipinski definition) is 7. The number of aromatic nitrogens is 4. The van der Waals surface area contributed by atoms with Crippen LogP contribution in [0.25, 0.3) is 5.65 Å². The molecule has 0 spiro atoms. The van der Waals surface area contributed by atoms with E-state index in [1.54, 1.807) is 31.1 Å². The third-order valence-electron chi connectivity index (χ3n) is 4.43. The fourth-order valence-corrected chi connectivity index (χ4v) is 2.88. The van der Waals surface area contributed by atoms with Crippen LogP contribution in [0.3, 0.4) is 0 Å². The molecule has 0 amide bonds. The van der Waals surface area contributed by atoms with Crippen molar-refractivity contribution in [1.82, 2.24) is 19.6 Å². The molecule has 1 aliphatic rings. The Hall–Kier alpha value is -3.16. The van der Waals surface area contributed by atoms with Crippen LogP contribution in [0.15, 0.2) is 30.6 Å². The van der Waals surface area contributed by atoms with Crippen LogP contribution in [0.2, 0.25) is 0 Å². The molecule has 0 radical (unpaired) electrons. The summed E-state index contributed by atoms with van der Waals surface area (Å²) in [5.41, 5.74) is 1.78. The van der Waals surface area contributed by atoms with Crippen molar-refractivity contribution in [2.75, 3.05) is 24.8 Å². The van der Waals surface area contributed by atoms with Gasteiger partial charge in [0, 0.05) is 25.7 Å². The molecule has 2 N–H and O–H groups in total. The molecule has 0 aromatic carbocycles. The number of ketones is 1.